The molecule has 0 saturated heterocycles. The van der Waals surface area contributed by atoms with Gasteiger partial charge >= 0.3 is 0 Å². The van der Waals surface area contributed by atoms with E-state index in [9.17, 15) is 0 Å². The normalized spacial score (nSPS) is 10.9. The van der Waals surface area contributed by atoms with Crippen molar-refractivity contribution in [2.24, 2.45) is 7.05 Å². The molecule has 3 rings (SSSR count). The molecule has 0 N–H and O–H groups in total. The highest BCUT2D eigenvalue weighted by atomic mass is 15.1. The zero-order valence-corrected chi connectivity index (χ0v) is 9.74. The molecule has 3 nitrogen and oxygen atoms in total. The number of imidazole rings is 1. The number of nitrogens with zero attached hydrogens (tertiary/aromatic N) is 3. The van der Waals surface area contributed by atoms with E-state index < -0.39 is 0 Å². The molecule has 0 saturated carbocycles. The summed E-state index contributed by atoms with van der Waals surface area (Å²) >= 11 is 0. The van der Waals surface area contributed by atoms with Gasteiger partial charge in [0.15, 0.2) is 11.0 Å². The van der Waals surface area contributed by atoms with E-state index in [-0.39, 0.29) is 0 Å². The van der Waals surface area contributed by atoms with E-state index in [0.29, 0.717) is 0 Å². The number of aryl methyl sites for hydroxylation is 1. The highest BCUT2D eigenvalue weighted by Crippen LogP contribution is 2.11. The molecule has 1 aromatic carbocycles. The van der Waals surface area contributed by atoms with Gasteiger partial charge in [0, 0.05) is 6.20 Å². The number of fused-ring (bicyclic) bond motifs is 1. The molecule has 84 valence electrons. The molecule has 0 aliphatic rings. The third-order valence-electron chi connectivity index (χ3n) is 2.94. The molecule has 0 amide bonds. The second-order valence-electron chi connectivity index (χ2n) is 4.16. The number of hydrogen-bond acceptors (Lipinski definition) is 1. The summed E-state index contributed by atoms with van der Waals surface area (Å²) in [5.41, 5.74) is 3.55. The van der Waals surface area contributed by atoms with Gasteiger partial charge in [-0.1, -0.05) is 18.2 Å². The Balaban J connectivity index is 2.07. The summed E-state index contributed by atoms with van der Waals surface area (Å²) in [4.78, 5) is 4.36. The Morgan fingerprint density at radius 3 is 2.76 bits per heavy atom. The largest absolute Gasteiger partial charge is 0.257 e. The van der Waals surface area contributed by atoms with Crippen LogP contribution in [0.3, 0.4) is 0 Å². The van der Waals surface area contributed by atoms with E-state index in [4.69, 9.17) is 0 Å². The topological polar surface area (TPSA) is 21.7 Å². The van der Waals surface area contributed by atoms with Crippen LogP contribution in [0.5, 0.6) is 0 Å². The standard InChI is InChI=1S/C14H14N3/c1-16-11-17(10-12-6-4-5-9-15-12)14-8-3-2-7-13(14)16/h2-9,11H,10H2,1H3/q+1. The minimum atomic E-state index is 0.808. The zero-order chi connectivity index (χ0) is 11.7. The Morgan fingerprint density at radius 1 is 1.12 bits per heavy atom. The molecular formula is C14H14N3+. The fourth-order valence-electron chi connectivity index (χ4n) is 2.13. The van der Waals surface area contributed by atoms with Gasteiger partial charge in [0.05, 0.1) is 12.7 Å². The molecule has 3 heteroatoms. The summed E-state index contributed by atoms with van der Waals surface area (Å²) in [5.74, 6) is 0. The summed E-state index contributed by atoms with van der Waals surface area (Å²) in [6, 6.07) is 14.4. The van der Waals surface area contributed by atoms with Crippen LogP contribution in [-0.2, 0) is 13.6 Å². The van der Waals surface area contributed by atoms with Crippen molar-refractivity contribution in [2.45, 2.75) is 6.54 Å². The van der Waals surface area contributed by atoms with Crippen molar-refractivity contribution in [2.75, 3.05) is 0 Å². The van der Waals surface area contributed by atoms with Crippen LogP contribution in [0.25, 0.3) is 11.0 Å². The van der Waals surface area contributed by atoms with Crippen LogP contribution < -0.4 is 4.57 Å². The maximum absolute atomic E-state index is 4.36. The van der Waals surface area contributed by atoms with Gasteiger partial charge < -0.3 is 0 Å². The molecule has 0 unspecified atom stereocenters. The van der Waals surface area contributed by atoms with E-state index in [2.05, 4.69) is 57.8 Å². The van der Waals surface area contributed by atoms with Crippen molar-refractivity contribution in [3.63, 3.8) is 0 Å². The van der Waals surface area contributed by atoms with Crippen LogP contribution in [0.1, 0.15) is 5.69 Å². The van der Waals surface area contributed by atoms with Gasteiger partial charge in [0.1, 0.15) is 6.54 Å². The monoisotopic (exact) mass is 224 g/mol. The first-order valence-electron chi connectivity index (χ1n) is 5.68. The first-order chi connectivity index (χ1) is 8.34. The molecule has 3 aromatic rings. The smallest absolute Gasteiger partial charge is 0.244 e. The van der Waals surface area contributed by atoms with Crippen LogP contribution in [-0.4, -0.2) is 9.55 Å². The van der Waals surface area contributed by atoms with E-state index in [0.717, 1.165) is 12.2 Å². The van der Waals surface area contributed by atoms with Crippen molar-refractivity contribution in [1.82, 2.24) is 9.55 Å². The zero-order valence-electron chi connectivity index (χ0n) is 9.74. The van der Waals surface area contributed by atoms with Gasteiger partial charge in [-0.2, -0.15) is 0 Å². The molecule has 0 radical (unpaired) electrons. The maximum atomic E-state index is 4.36. The lowest BCUT2D eigenvalue weighted by molar-refractivity contribution is -0.645. The number of hydrogen-bond donors (Lipinski definition) is 0. The maximum Gasteiger partial charge on any atom is 0.244 e. The Bertz CT molecular complexity index is 641. The Kier molecular flexibility index (Phi) is 2.37. The van der Waals surface area contributed by atoms with Crippen LogP contribution in [0.4, 0.5) is 0 Å². The summed E-state index contributed by atoms with van der Waals surface area (Å²) in [7, 11) is 2.07. The Morgan fingerprint density at radius 2 is 1.94 bits per heavy atom. The molecule has 2 aromatic heterocycles. The van der Waals surface area contributed by atoms with Crippen LogP contribution in [0.15, 0.2) is 55.0 Å². The average Bonchev–Trinajstić information content (AvgIpc) is 2.69. The van der Waals surface area contributed by atoms with Crippen LogP contribution >= 0.6 is 0 Å². The van der Waals surface area contributed by atoms with Crippen LogP contribution in [0.2, 0.25) is 0 Å². The minimum absolute atomic E-state index is 0.808. The Labute approximate surface area is 100.0 Å². The van der Waals surface area contributed by atoms with Crippen molar-refractivity contribution in [3.8, 4) is 0 Å². The summed E-state index contributed by atoms with van der Waals surface area (Å²) in [6.45, 7) is 0.808. The second kappa shape index (κ2) is 4.01. The average molecular weight is 224 g/mol. The van der Waals surface area contributed by atoms with Crippen molar-refractivity contribution < 1.29 is 4.57 Å². The van der Waals surface area contributed by atoms with Gasteiger partial charge in [-0.15, -0.1) is 0 Å². The van der Waals surface area contributed by atoms with E-state index in [1.807, 2.05) is 18.3 Å². The first-order valence-corrected chi connectivity index (χ1v) is 5.68. The molecule has 0 atom stereocenters. The molecular weight excluding hydrogens is 210 g/mol. The highest BCUT2D eigenvalue weighted by Gasteiger charge is 2.12. The van der Waals surface area contributed by atoms with Gasteiger partial charge in [-0.05, 0) is 24.3 Å². The van der Waals surface area contributed by atoms with Crippen molar-refractivity contribution in [1.29, 1.82) is 0 Å². The molecule has 0 aliphatic heterocycles. The van der Waals surface area contributed by atoms with Gasteiger partial charge in [-0.3, -0.25) is 4.98 Å². The fourth-order valence-corrected chi connectivity index (χ4v) is 2.13. The minimum Gasteiger partial charge on any atom is -0.257 e. The fraction of sp³-hybridized carbons (Fsp3) is 0.143. The number of rotatable bonds is 2. The molecule has 0 aliphatic carbocycles. The lowest BCUT2D eigenvalue weighted by atomic mass is 10.3. The SMILES string of the molecule is C[n+]1cn(Cc2ccccn2)c2ccccc21. The van der Waals surface area contributed by atoms with E-state index in [1.54, 1.807) is 0 Å². The lowest BCUT2D eigenvalue weighted by Crippen LogP contribution is -2.25. The van der Waals surface area contributed by atoms with Gasteiger partial charge in [0.2, 0.25) is 6.33 Å². The summed E-state index contributed by atoms with van der Waals surface area (Å²) in [5, 5.41) is 0. The predicted octanol–water partition coefficient (Wildman–Crippen LogP) is 1.91. The molecule has 0 fully saturated rings. The third-order valence-corrected chi connectivity index (χ3v) is 2.94. The van der Waals surface area contributed by atoms with E-state index >= 15 is 0 Å². The van der Waals surface area contributed by atoms with Crippen LogP contribution in [0, 0.1) is 0 Å². The molecule has 0 spiro atoms. The summed E-state index contributed by atoms with van der Waals surface area (Å²) < 4.78 is 4.36. The number of pyridine rings is 1. The van der Waals surface area contributed by atoms with Crippen molar-refractivity contribution >= 4 is 11.0 Å². The Hall–Kier alpha value is -2.16. The van der Waals surface area contributed by atoms with E-state index in [1.165, 1.54) is 11.0 Å². The third kappa shape index (κ3) is 1.80. The van der Waals surface area contributed by atoms with Gasteiger partial charge in [-0.25, -0.2) is 9.13 Å². The molecule has 17 heavy (non-hydrogen) atoms. The summed E-state index contributed by atoms with van der Waals surface area (Å²) in [6.07, 6.45) is 3.94. The number of aromatic nitrogens is 3. The number of para-hydroxylation sites is 2. The quantitative estimate of drug-likeness (QED) is 0.609. The molecule has 2 heterocycles. The second-order valence-corrected chi connectivity index (χ2v) is 4.16. The van der Waals surface area contributed by atoms with Crippen molar-refractivity contribution in [3.05, 3.63) is 60.7 Å². The predicted molar refractivity (Wildman–Crippen MR) is 66.5 cm³/mol. The highest BCUT2D eigenvalue weighted by molar-refractivity contribution is 5.71. The lowest BCUT2D eigenvalue weighted by Gasteiger charge is -1.96. The van der Waals surface area contributed by atoms with Gasteiger partial charge in [0.25, 0.3) is 0 Å². The first kappa shape index (κ1) is 10.0. The molecule has 0 bridgehead atoms. The number of benzene rings is 1.